The number of rotatable bonds is 4. The first-order valence-electron chi connectivity index (χ1n) is 5.72. The van der Waals surface area contributed by atoms with Gasteiger partial charge >= 0.3 is 18.0 Å². The van der Waals surface area contributed by atoms with Crippen LogP contribution in [0.1, 0.15) is 24.2 Å². The third-order valence-corrected chi connectivity index (χ3v) is 2.40. The highest BCUT2D eigenvalue weighted by Gasteiger charge is 2.25. The Morgan fingerprint density at radius 3 is 2.21 bits per heavy atom. The topological polar surface area (TPSA) is 92.7 Å². The molecule has 1 unspecified atom stereocenters. The van der Waals surface area contributed by atoms with E-state index in [1.165, 1.54) is 12.1 Å². The molecule has 0 saturated heterocycles. The Morgan fingerprint density at radius 1 is 1.16 bits per heavy atom. The lowest BCUT2D eigenvalue weighted by molar-refractivity contribution is -0.140. The summed E-state index contributed by atoms with van der Waals surface area (Å²) in [5, 5.41) is 11.0. The van der Waals surface area contributed by atoms with Crippen molar-refractivity contribution in [1.29, 1.82) is 0 Å². The molecule has 6 nitrogen and oxygen atoms in total. The van der Waals surface area contributed by atoms with Crippen LogP contribution in [-0.4, -0.2) is 29.2 Å². The normalized spacial score (nSPS) is 11.7. The van der Waals surface area contributed by atoms with Crippen molar-refractivity contribution >= 4 is 18.0 Å². The smallest absolute Gasteiger partial charge is 0.415 e. The number of hydrogen-bond acceptors (Lipinski definition) is 4. The summed E-state index contributed by atoms with van der Waals surface area (Å²) >= 11 is 0. The lowest BCUT2D eigenvalue weighted by atomic mass is 10.1. The van der Waals surface area contributed by atoms with Crippen molar-refractivity contribution in [3.63, 3.8) is 0 Å². The van der Waals surface area contributed by atoms with E-state index in [0.29, 0.717) is 0 Å². The summed E-state index contributed by atoms with van der Waals surface area (Å²) in [4.78, 5) is 33.9. The van der Waals surface area contributed by atoms with E-state index in [0.717, 1.165) is 0 Å². The minimum absolute atomic E-state index is 0.217. The van der Waals surface area contributed by atoms with Gasteiger partial charge in [-0.1, -0.05) is 32.0 Å². The van der Waals surface area contributed by atoms with Crippen LogP contribution >= 0.6 is 0 Å². The van der Waals surface area contributed by atoms with E-state index < -0.39 is 24.1 Å². The van der Waals surface area contributed by atoms with Crippen molar-refractivity contribution in [2.24, 2.45) is 5.92 Å². The molecule has 0 aliphatic heterocycles. The number of aliphatic carboxylic acids is 1. The second-order valence-electron chi connectivity index (χ2n) is 4.25. The molecule has 0 heterocycles. The van der Waals surface area contributed by atoms with Gasteiger partial charge in [0.1, 0.15) is 6.04 Å². The first-order valence-corrected chi connectivity index (χ1v) is 5.72. The van der Waals surface area contributed by atoms with Crippen LogP contribution in [0.15, 0.2) is 30.3 Å². The number of carboxylic acids is 1. The van der Waals surface area contributed by atoms with Crippen LogP contribution in [0.4, 0.5) is 4.79 Å². The fourth-order valence-corrected chi connectivity index (χ4v) is 1.39. The minimum Gasteiger partial charge on any atom is -0.480 e. The summed E-state index contributed by atoms with van der Waals surface area (Å²) in [5.74, 6) is -2.33. The number of nitrogens with one attached hydrogen (secondary N) is 1. The van der Waals surface area contributed by atoms with E-state index >= 15 is 0 Å². The number of amides is 1. The molecule has 6 heteroatoms. The summed E-state index contributed by atoms with van der Waals surface area (Å²) in [7, 11) is 0. The van der Waals surface area contributed by atoms with E-state index in [2.05, 4.69) is 10.1 Å². The van der Waals surface area contributed by atoms with Crippen molar-refractivity contribution in [2.45, 2.75) is 19.9 Å². The molecule has 0 aromatic heterocycles. The summed E-state index contributed by atoms with van der Waals surface area (Å²) in [6, 6.07) is 6.86. The van der Waals surface area contributed by atoms with Crippen molar-refractivity contribution < 1.29 is 24.2 Å². The van der Waals surface area contributed by atoms with E-state index in [9.17, 15) is 14.4 Å². The molecule has 2 N–H and O–H groups in total. The van der Waals surface area contributed by atoms with Gasteiger partial charge < -0.3 is 15.2 Å². The highest BCUT2D eigenvalue weighted by Crippen LogP contribution is 2.04. The van der Waals surface area contributed by atoms with Gasteiger partial charge in [0.25, 0.3) is 0 Å². The lowest BCUT2D eigenvalue weighted by Gasteiger charge is -2.16. The van der Waals surface area contributed by atoms with Gasteiger partial charge in [0, 0.05) is 0 Å². The van der Waals surface area contributed by atoms with Gasteiger partial charge in [0.05, 0.1) is 5.56 Å². The monoisotopic (exact) mass is 265 g/mol. The van der Waals surface area contributed by atoms with Gasteiger partial charge in [0.15, 0.2) is 0 Å². The molecule has 0 aliphatic carbocycles. The van der Waals surface area contributed by atoms with Crippen molar-refractivity contribution in [3.05, 3.63) is 35.9 Å². The average molecular weight is 265 g/mol. The Balaban J connectivity index is 2.61. The Kier molecular flexibility index (Phi) is 5.05. The molecule has 0 fully saturated rings. The fraction of sp³-hybridized carbons (Fsp3) is 0.308. The Hall–Kier alpha value is -2.37. The van der Waals surface area contributed by atoms with Crippen LogP contribution in [0.5, 0.6) is 0 Å². The number of benzene rings is 1. The maximum atomic E-state index is 11.5. The molecular weight excluding hydrogens is 250 g/mol. The van der Waals surface area contributed by atoms with Crippen LogP contribution in [0.3, 0.4) is 0 Å². The van der Waals surface area contributed by atoms with E-state index in [4.69, 9.17) is 5.11 Å². The van der Waals surface area contributed by atoms with Gasteiger partial charge in [-0.05, 0) is 18.1 Å². The molecule has 0 aliphatic rings. The summed E-state index contributed by atoms with van der Waals surface area (Å²) in [6.07, 6.45) is -1.07. The second kappa shape index (κ2) is 6.53. The zero-order valence-electron chi connectivity index (χ0n) is 10.6. The van der Waals surface area contributed by atoms with Crippen LogP contribution in [0.2, 0.25) is 0 Å². The van der Waals surface area contributed by atoms with Gasteiger partial charge in [-0.25, -0.2) is 14.4 Å². The SMILES string of the molecule is CC(C)C(NC(=O)OC(=O)c1ccccc1)C(=O)O. The van der Waals surface area contributed by atoms with Crippen LogP contribution in [0.25, 0.3) is 0 Å². The number of alkyl carbamates (subject to hydrolysis) is 1. The predicted octanol–water partition coefficient (Wildman–Crippen LogP) is 1.66. The number of carbonyl (C=O) groups is 3. The number of esters is 1. The molecule has 1 amide bonds. The number of ether oxygens (including phenoxy) is 1. The Bertz CT molecular complexity index is 469. The standard InChI is InChI=1S/C13H15NO5/c1-8(2)10(11(15)16)14-13(18)19-12(17)9-6-4-3-5-7-9/h3-8,10H,1-2H3,(H,14,18)(H,15,16). The zero-order chi connectivity index (χ0) is 14.4. The van der Waals surface area contributed by atoms with Gasteiger partial charge in [-0.15, -0.1) is 0 Å². The Labute approximate surface area is 110 Å². The molecule has 0 radical (unpaired) electrons. The lowest BCUT2D eigenvalue weighted by Crippen LogP contribution is -2.45. The molecule has 102 valence electrons. The molecule has 19 heavy (non-hydrogen) atoms. The van der Waals surface area contributed by atoms with Gasteiger partial charge in [0.2, 0.25) is 0 Å². The molecule has 1 aromatic rings. The van der Waals surface area contributed by atoms with Crippen LogP contribution in [0, 0.1) is 5.92 Å². The molecule has 1 rings (SSSR count). The highest BCUT2D eigenvalue weighted by molar-refractivity contribution is 5.97. The fourth-order valence-electron chi connectivity index (χ4n) is 1.39. The number of carboxylic acid groups (broad SMARTS) is 1. The predicted molar refractivity (Wildman–Crippen MR) is 66.7 cm³/mol. The second-order valence-corrected chi connectivity index (χ2v) is 4.25. The van der Waals surface area contributed by atoms with Crippen molar-refractivity contribution in [1.82, 2.24) is 5.32 Å². The quantitative estimate of drug-likeness (QED) is 0.638. The van der Waals surface area contributed by atoms with E-state index in [1.807, 2.05) is 0 Å². The molecule has 0 bridgehead atoms. The minimum atomic E-state index is -1.18. The molecule has 1 atom stereocenters. The van der Waals surface area contributed by atoms with E-state index in [-0.39, 0.29) is 11.5 Å². The number of hydrogen-bond donors (Lipinski definition) is 2. The largest absolute Gasteiger partial charge is 0.480 e. The Morgan fingerprint density at radius 2 is 1.74 bits per heavy atom. The summed E-state index contributed by atoms with van der Waals surface area (Å²) < 4.78 is 4.51. The van der Waals surface area contributed by atoms with Crippen LogP contribution < -0.4 is 5.32 Å². The third-order valence-electron chi connectivity index (χ3n) is 2.40. The highest BCUT2D eigenvalue weighted by atomic mass is 16.6. The van der Waals surface area contributed by atoms with Crippen LogP contribution in [-0.2, 0) is 9.53 Å². The van der Waals surface area contributed by atoms with Gasteiger partial charge in [-0.3, -0.25) is 0 Å². The number of carbonyl (C=O) groups excluding carboxylic acids is 2. The maximum Gasteiger partial charge on any atom is 0.415 e. The van der Waals surface area contributed by atoms with Gasteiger partial charge in [-0.2, -0.15) is 0 Å². The molecule has 0 saturated carbocycles. The maximum absolute atomic E-state index is 11.5. The first kappa shape index (κ1) is 14.7. The summed E-state index contributed by atoms with van der Waals surface area (Å²) in [5.41, 5.74) is 0.217. The van der Waals surface area contributed by atoms with Crippen molar-refractivity contribution in [3.8, 4) is 0 Å². The van der Waals surface area contributed by atoms with Crippen molar-refractivity contribution in [2.75, 3.05) is 0 Å². The van der Waals surface area contributed by atoms with E-state index in [1.54, 1.807) is 32.0 Å². The molecule has 1 aromatic carbocycles. The first-order chi connectivity index (χ1) is 8.91. The average Bonchev–Trinajstić information content (AvgIpc) is 2.36. The third kappa shape index (κ3) is 4.42. The molecule has 0 spiro atoms. The molecular formula is C13H15NO5. The zero-order valence-corrected chi connectivity index (χ0v) is 10.6. The summed E-state index contributed by atoms with van der Waals surface area (Å²) in [6.45, 7) is 3.27.